The molecule has 1 saturated carbocycles. The van der Waals surface area contributed by atoms with Gasteiger partial charge >= 0.3 is 5.97 Å². The number of ether oxygens (including phenoxy) is 1. The topological polar surface area (TPSA) is 38.3 Å². The Balaban J connectivity index is 1.77. The highest BCUT2D eigenvalue weighted by Gasteiger charge is 2.27. The van der Waals surface area contributed by atoms with Crippen LogP contribution in [-0.2, 0) is 9.53 Å². The van der Waals surface area contributed by atoms with Crippen molar-refractivity contribution >= 4 is 5.97 Å². The maximum atomic E-state index is 11.9. The second-order valence-corrected chi connectivity index (χ2v) is 5.35. The molecular formula is C13H23NO2. The SMILES string of the molecule is CC1CCCC(OC(=O)C2CCNCC2)C1. The molecule has 1 aliphatic carbocycles. The van der Waals surface area contributed by atoms with Crippen LogP contribution >= 0.6 is 0 Å². The van der Waals surface area contributed by atoms with Crippen molar-refractivity contribution in [3.8, 4) is 0 Å². The molecule has 2 atom stereocenters. The van der Waals surface area contributed by atoms with Crippen molar-refractivity contribution < 1.29 is 9.53 Å². The summed E-state index contributed by atoms with van der Waals surface area (Å²) in [4.78, 5) is 11.9. The van der Waals surface area contributed by atoms with Crippen molar-refractivity contribution in [3.63, 3.8) is 0 Å². The van der Waals surface area contributed by atoms with Gasteiger partial charge in [0.2, 0.25) is 0 Å². The zero-order valence-electron chi connectivity index (χ0n) is 10.2. The van der Waals surface area contributed by atoms with Crippen molar-refractivity contribution in [2.45, 2.75) is 51.6 Å². The highest BCUT2D eigenvalue weighted by molar-refractivity contribution is 5.72. The van der Waals surface area contributed by atoms with Gasteiger partial charge in [0.1, 0.15) is 6.10 Å². The van der Waals surface area contributed by atoms with Gasteiger partial charge < -0.3 is 10.1 Å². The molecule has 2 unspecified atom stereocenters. The smallest absolute Gasteiger partial charge is 0.309 e. The molecule has 1 saturated heterocycles. The van der Waals surface area contributed by atoms with Gasteiger partial charge in [0, 0.05) is 0 Å². The summed E-state index contributed by atoms with van der Waals surface area (Å²) in [6.45, 7) is 4.17. The first-order chi connectivity index (χ1) is 7.75. The zero-order chi connectivity index (χ0) is 11.4. The molecule has 16 heavy (non-hydrogen) atoms. The Labute approximate surface area is 97.9 Å². The summed E-state index contributed by atoms with van der Waals surface area (Å²) in [6, 6.07) is 0. The second kappa shape index (κ2) is 5.67. The number of nitrogens with one attached hydrogen (secondary N) is 1. The molecule has 2 rings (SSSR count). The van der Waals surface area contributed by atoms with E-state index in [1.165, 1.54) is 12.8 Å². The van der Waals surface area contributed by atoms with Crippen molar-refractivity contribution in [1.29, 1.82) is 0 Å². The molecule has 1 N–H and O–H groups in total. The lowest BCUT2D eigenvalue weighted by molar-refractivity contribution is -0.157. The molecule has 3 nitrogen and oxygen atoms in total. The minimum atomic E-state index is 0.0561. The van der Waals surface area contributed by atoms with E-state index in [0.717, 1.165) is 44.7 Å². The number of hydrogen-bond acceptors (Lipinski definition) is 3. The molecule has 1 heterocycles. The Morgan fingerprint density at radius 2 is 1.94 bits per heavy atom. The van der Waals surface area contributed by atoms with Crippen LogP contribution in [0, 0.1) is 11.8 Å². The van der Waals surface area contributed by atoms with E-state index in [2.05, 4.69) is 12.2 Å². The fourth-order valence-electron chi connectivity index (χ4n) is 2.80. The van der Waals surface area contributed by atoms with Gasteiger partial charge in [-0.05, 0) is 51.1 Å². The maximum Gasteiger partial charge on any atom is 0.309 e. The van der Waals surface area contributed by atoms with Crippen LogP contribution < -0.4 is 5.32 Å². The Hall–Kier alpha value is -0.570. The third-order valence-corrected chi connectivity index (χ3v) is 3.84. The number of carbonyl (C=O) groups is 1. The average molecular weight is 225 g/mol. The standard InChI is InChI=1S/C13H23NO2/c1-10-3-2-4-12(9-10)16-13(15)11-5-7-14-8-6-11/h10-12,14H,2-9H2,1H3. The molecule has 3 heteroatoms. The summed E-state index contributed by atoms with van der Waals surface area (Å²) in [6.07, 6.45) is 6.73. The summed E-state index contributed by atoms with van der Waals surface area (Å²) in [5.74, 6) is 0.929. The predicted octanol–water partition coefficient (Wildman–Crippen LogP) is 2.11. The third-order valence-electron chi connectivity index (χ3n) is 3.84. The normalized spacial score (nSPS) is 32.3. The van der Waals surface area contributed by atoms with Crippen molar-refractivity contribution in [3.05, 3.63) is 0 Å². The van der Waals surface area contributed by atoms with Gasteiger partial charge in [-0.1, -0.05) is 13.3 Å². The quantitative estimate of drug-likeness (QED) is 0.731. The fraction of sp³-hybridized carbons (Fsp3) is 0.923. The summed E-state index contributed by atoms with van der Waals surface area (Å²) in [7, 11) is 0. The molecule has 2 aliphatic rings. The van der Waals surface area contributed by atoms with Gasteiger partial charge in [-0.15, -0.1) is 0 Å². The number of hydrogen-bond donors (Lipinski definition) is 1. The van der Waals surface area contributed by atoms with Crippen LogP contribution in [0.25, 0.3) is 0 Å². The molecule has 0 aromatic rings. The molecule has 0 amide bonds. The summed E-state index contributed by atoms with van der Waals surface area (Å²) in [5.41, 5.74) is 0. The maximum absolute atomic E-state index is 11.9. The van der Waals surface area contributed by atoms with Crippen LogP contribution in [0.2, 0.25) is 0 Å². The van der Waals surface area contributed by atoms with E-state index < -0.39 is 0 Å². The van der Waals surface area contributed by atoms with E-state index in [-0.39, 0.29) is 18.0 Å². The predicted molar refractivity (Wildman–Crippen MR) is 63.1 cm³/mol. The number of esters is 1. The lowest BCUT2D eigenvalue weighted by Gasteiger charge is -2.29. The highest BCUT2D eigenvalue weighted by atomic mass is 16.5. The lowest BCUT2D eigenvalue weighted by Crippen LogP contribution is -2.35. The van der Waals surface area contributed by atoms with Crippen molar-refractivity contribution in [2.24, 2.45) is 11.8 Å². The number of piperidine rings is 1. The minimum Gasteiger partial charge on any atom is -0.462 e. The fourth-order valence-corrected chi connectivity index (χ4v) is 2.80. The van der Waals surface area contributed by atoms with Gasteiger partial charge in [-0.3, -0.25) is 4.79 Å². The van der Waals surface area contributed by atoms with Crippen LogP contribution in [0.1, 0.15) is 45.4 Å². The molecular weight excluding hydrogens is 202 g/mol. The van der Waals surface area contributed by atoms with E-state index in [0.29, 0.717) is 0 Å². The molecule has 0 aromatic heterocycles. The van der Waals surface area contributed by atoms with Crippen LogP contribution in [0.15, 0.2) is 0 Å². The van der Waals surface area contributed by atoms with E-state index in [1.54, 1.807) is 0 Å². The van der Waals surface area contributed by atoms with Gasteiger partial charge in [-0.2, -0.15) is 0 Å². The average Bonchev–Trinajstić information content (AvgIpc) is 2.30. The van der Waals surface area contributed by atoms with E-state index in [9.17, 15) is 4.79 Å². The first-order valence-electron chi connectivity index (χ1n) is 6.67. The van der Waals surface area contributed by atoms with Gasteiger partial charge in [-0.25, -0.2) is 0 Å². The summed E-state index contributed by atoms with van der Waals surface area (Å²) < 4.78 is 5.63. The molecule has 0 aromatic carbocycles. The Morgan fingerprint density at radius 3 is 2.62 bits per heavy atom. The van der Waals surface area contributed by atoms with Gasteiger partial charge in [0.25, 0.3) is 0 Å². The summed E-state index contributed by atoms with van der Waals surface area (Å²) >= 11 is 0. The Kier molecular flexibility index (Phi) is 4.22. The molecule has 0 radical (unpaired) electrons. The molecule has 0 spiro atoms. The van der Waals surface area contributed by atoms with Crippen molar-refractivity contribution in [1.82, 2.24) is 5.32 Å². The van der Waals surface area contributed by atoms with Crippen LogP contribution in [0.5, 0.6) is 0 Å². The van der Waals surface area contributed by atoms with E-state index in [4.69, 9.17) is 4.74 Å². The molecule has 1 aliphatic heterocycles. The van der Waals surface area contributed by atoms with Gasteiger partial charge in [0.05, 0.1) is 5.92 Å². The summed E-state index contributed by atoms with van der Waals surface area (Å²) in [5, 5.41) is 3.27. The Bertz CT molecular complexity index is 236. The van der Waals surface area contributed by atoms with Crippen LogP contribution in [-0.4, -0.2) is 25.2 Å². The second-order valence-electron chi connectivity index (χ2n) is 5.35. The number of rotatable bonds is 2. The third kappa shape index (κ3) is 3.21. The van der Waals surface area contributed by atoms with Crippen LogP contribution in [0.4, 0.5) is 0 Å². The first kappa shape index (κ1) is 11.9. The zero-order valence-corrected chi connectivity index (χ0v) is 10.2. The Morgan fingerprint density at radius 1 is 1.19 bits per heavy atom. The highest BCUT2D eigenvalue weighted by Crippen LogP contribution is 2.27. The molecule has 2 fully saturated rings. The monoisotopic (exact) mass is 225 g/mol. The minimum absolute atomic E-state index is 0.0561. The lowest BCUT2D eigenvalue weighted by atomic mass is 9.88. The van der Waals surface area contributed by atoms with Crippen LogP contribution in [0.3, 0.4) is 0 Å². The van der Waals surface area contributed by atoms with E-state index in [1.807, 2.05) is 0 Å². The molecule has 92 valence electrons. The number of carbonyl (C=O) groups excluding carboxylic acids is 1. The van der Waals surface area contributed by atoms with E-state index >= 15 is 0 Å². The molecule has 0 bridgehead atoms. The first-order valence-corrected chi connectivity index (χ1v) is 6.67. The largest absolute Gasteiger partial charge is 0.462 e. The van der Waals surface area contributed by atoms with Gasteiger partial charge in [0.15, 0.2) is 0 Å². The van der Waals surface area contributed by atoms with Crippen molar-refractivity contribution in [2.75, 3.05) is 13.1 Å².